The van der Waals surface area contributed by atoms with Crippen molar-refractivity contribution in [3.8, 4) is 0 Å². The SMILES string of the molecule is CC(C)(C)OC(=O)n1ncc2cccc(NCc3cnc(Cl)s3)c21. The van der Waals surface area contributed by atoms with Gasteiger partial charge in [-0.15, -0.1) is 11.3 Å². The molecule has 0 amide bonds. The molecule has 1 aromatic carbocycles. The molecule has 0 spiro atoms. The number of rotatable bonds is 3. The van der Waals surface area contributed by atoms with Gasteiger partial charge in [0.05, 0.1) is 18.4 Å². The number of para-hydroxylation sites is 1. The first-order chi connectivity index (χ1) is 11.3. The number of hydrogen-bond donors (Lipinski definition) is 1. The van der Waals surface area contributed by atoms with E-state index in [9.17, 15) is 4.79 Å². The van der Waals surface area contributed by atoms with Gasteiger partial charge < -0.3 is 10.1 Å². The molecular weight excluding hydrogens is 348 g/mol. The second kappa shape index (κ2) is 6.41. The molecule has 126 valence electrons. The van der Waals surface area contributed by atoms with Crippen LogP contribution in [0.15, 0.2) is 30.6 Å². The molecule has 3 rings (SSSR count). The van der Waals surface area contributed by atoms with Crippen molar-refractivity contribution in [2.75, 3.05) is 5.32 Å². The van der Waals surface area contributed by atoms with Gasteiger partial charge in [0, 0.05) is 16.5 Å². The molecule has 0 fully saturated rings. The molecule has 0 aliphatic heterocycles. The van der Waals surface area contributed by atoms with Crippen molar-refractivity contribution in [2.45, 2.75) is 32.9 Å². The minimum Gasteiger partial charge on any atom is -0.442 e. The van der Waals surface area contributed by atoms with Gasteiger partial charge >= 0.3 is 6.09 Å². The minimum absolute atomic E-state index is 0.504. The van der Waals surface area contributed by atoms with E-state index in [0.717, 1.165) is 16.0 Å². The number of carbonyl (C=O) groups excluding carboxylic acids is 1. The van der Waals surface area contributed by atoms with E-state index in [2.05, 4.69) is 15.4 Å². The number of aromatic nitrogens is 3. The summed E-state index contributed by atoms with van der Waals surface area (Å²) in [6.07, 6.45) is 2.87. The second-order valence-corrected chi connectivity index (χ2v) is 7.91. The van der Waals surface area contributed by atoms with Gasteiger partial charge in [-0.1, -0.05) is 23.7 Å². The van der Waals surface area contributed by atoms with E-state index in [0.29, 0.717) is 16.5 Å². The van der Waals surface area contributed by atoms with Crippen LogP contribution in [0.4, 0.5) is 10.5 Å². The van der Waals surface area contributed by atoms with Gasteiger partial charge in [-0.25, -0.2) is 9.78 Å². The van der Waals surface area contributed by atoms with E-state index in [1.54, 1.807) is 12.4 Å². The molecule has 24 heavy (non-hydrogen) atoms. The fraction of sp³-hybridized carbons (Fsp3) is 0.312. The van der Waals surface area contributed by atoms with Crippen LogP contribution in [0.5, 0.6) is 0 Å². The van der Waals surface area contributed by atoms with Crippen LogP contribution >= 0.6 is 22.9 Å². The highest BCUT2D eigenvalue weighted by molar-refractivity contribution is 7.15. The Hall–Kier alpha value is -2.12. The Kier molecular flexibility index (Phi) is 4.47. The maximum absolute atomic E-state index is 12.4. The number of thiazole rings is 1. The first-order valence-corrected chi connectivity index (χ1v) is 8.57. The Morgan fingerprint density at radius 1 is 1.38 bits per heavy atom. The van der Waals surface area contributed by atoms with Crippen LogP contribution in [0.2, 0.25) is 4.47 Å². The predicted octanol–water partition coefficient (Wildman–Crippen LogP) is 4.54. The van der Waals surface area contributed by atoms with E-state index in [4.69, 9.17) is 16.3 Å². The first kappa shape index (κ1) is 16.7. The summed E-state index contributed by atoms with van der Waals surface area (Å²) in [6, 6.07) is 5.71. The molecule has 0 radical (unpaired) electrons. The second-order valence-electron chi connectivity index (χ2n) is 6.21. The fourth-order valence-corrected chi connectivity index (χ4v) is 3.13. The summed E-state index contributed by atoms with van der Waals surface area (Å²) in [6.45, 7) is 6.03. The van der Waals surface area contributed by atoms with Gasteiger partial charge in [-0.2, -0.15) is 9.78 Å². The lowest BCUT2D eigenvalue weighted by molar-refractivity contribution is 0.0523. The maximum Gasteiger partial charge on any atom is 0.435 e. The van der Waals surface area contributed by atoms with Gasteiger partial charge in [0.15, 0.2) is 4.47 Å². The standard InChI is InChI=1S/C16H17ClN4O2S/c1-16(2,3)23-15(22)21-13-10(7-20-21)5-4-6-12(13)18-8-11-9-19-14(17)24-11/h4-7,9,18H,8H2,1-3H3. The molecule has 0 saturated heterocycles. The van der Waals surface area contributed by atoms with Crippen LogP contribution in [-0.4, -0.2) is 26.5 Å². The van der Waals surface area contributed by atoms with E-state index in [-0.39, 0.29) is 0 Å². The van der Waals surface area contributed by atoms with Crippen LogP contribution < -0.4 is 5.32 Å². The molecule has 1 N–H and O–H groups in total. The van der Waals surface area contributed by atoms with Gasteiger partial charge in [-0.3, -0.25) is 0 Å². The Labute approximate surface area is 148 Å². The van der Waals surface area contributed by atoms with Gasteiger partial charge in [-0.05, 0) is 26.8 Å². The lowest BCUT2D eigenvalue weighted by Gasteiger charge is -2.19. The van der Waals surface area contributed by atoms with Crippen LogP contribution in [-0.2, 0) is 11.3 Å². The molecule has 6 nitrogen and oxygen atoms in total. The van der Waals surface area contributed by atoms with Crippen LogP contribution in [0.1, 0.15) is 25.6 Å². The van der Waals surface area contributed by atoms with Crippen molar-refractivity contribution < 1.29 is 9.53 Å². The Bertz CT molecular complexity index is 882. The van der Waals surface area contributed by atoms with Crippen molar-refractivity contribution in [1.82, 2.24) is 14.8 Å². The number of anilines is 1. The summed E-state index contributed by atoms with van der Waals surface area (Å²) in [4.78, 5) is 17.4. The molecule has 0 atom stereocenters. The first-order valence-electron chi connectivity index (χ1n) is 7.38. The predicted molar refractivity (Wildman–Crippen MR) is 95.8 cm³/mol. The zero-order chi connectivity index (χ0) is 17.3. The van der Waals surface area contributed by atoms with Crippen molar-refractivity contribution >= 4 is 45.6 Å². The number of nitrogens with one attached hydrogen (secondary N) is 1. The Morgan fingerprint density at radius 2 is 2.17 bits per heavy atom. The van der Waals surface area contributed by atoms with Gasteiger partial charge in [0.25, 0.3) is 0 Å². The highest BCUT2D eigenvalue weighted by atomic mass is 35.5. The van der Waals surface area contributed by atoms with E-state index in [1.165, 1.54) is 16.0 Å². The fourth-order valence-electron chi connectivity index (χ4n) is 2.21. The van der Waals surface area contributed by atoms with Gasteiger partial charge in [0.2, 0.25) is 0 Å². The van der Waals surface area contributed by atoms with Crippen LogP contribution in [0, 0.1) is 0 Å². The molecule has 8 heteroatoms. The van der Waals surface area contributed by atoms with Crippen LogP contribution in [0.3, 0.4) is 0 Å². The third kappa shape index (κ3) is 3.68. The zero-order valence-electron chi connectivity index (χ0n) is 13.5. The number of hydrogen-bond acceptors (Lipinski definition) is 6. The zero-order valence-corrected chi connectivity index (χ0v) is 15.1. The van der Waals surface area contributed by atoms with Crippen molar-refractivity contribution in [1.29, 1.82) is 0 Å². The minimum atomic E-state index is -0.586. The van der Waals surface area contributed by atoms with Crippen molar-refractivity contribution in [3.63, 3.8) is 0 Å². The summed E-state index contributed by atoms with van der Waals surface area (Å²) in [5.74, 6) is 0. The highest BCUT2D eigenvalue weighted by Crippen LogP contribution is 2.26. The molecule has 2 heterocycles. The van der Waals surface area contributed by atoms with Crippen molar-refractivity contribution in [2.24, 2.45) is 0 Å². The Balaban J connectivity index is 1.90. The number of carbonyl (C=O) groups is 1. The molecule has 0 saturated carbocycles. The quantitative estimate of drug-likeness (QED) is 0.738. The lowest BCUT2D eigenvalue weighted by atomic mass is 10.2. The highest BCUT2D eigenvalue weighted by Gasteiger charge is 2.21. The largest absolute Gasteiger partial charge is 0.442 e. The summed E-state index contributed by atoms with van der Waals surface area (Å²) in [5, 5.41) is 8.33. The van der Waals surface area contributed by atoms with Gasteiger partial charge in [0.1, 0.15) is 11.1 Å². The lowest BCUT2D eigenvalue weighted by Crippen LogP contribution is -2.27. The number of ether oxygens (including phenoxy) is 1. The Morgan fingerprint density at radius 3 is 2.83 bits per heavy atom. The molecular formula is C16H17ClN4O2S. The van der Waals surface area contributed by atoms with E-state index < -0.39 is 11.7 Å². The average Bonchev–Trinajstić information content (AvgIpc) is 3.09. The average molecular weight is 365 g/mol. The number of halogens is 1. The van der Waals surface area contributed by atoms with Crippen molar-refractivity contribution in [3.05, 3.63) is 39.9 Å². The molecule has 3 aromatic rings. The molecule has 0 aliphatic rings. The molecule has 2 aromatic heterocycles. The third-order valence-corrected chi connectivity index (χ3v) is 4.25. The number of benzene rings is 1. The molecule has 0 unspecified atom stereocenters. The van der Waals surface area contributed by atoms with E-state index in [1.807, 2.05) is 39.0 Å². The normalized spacial score (nSPS) is 11.7. The smallest absolute Gasteiger partial charge is 0.435 e. The molecule has 0 bridgehead atoms. The summed E-state index contributed by atoms with van der Waals surface area (Å²) < 4.78 is 7.20. The molecule has 0 aliphatic carbocycles. The van der Waals surface area contributed by atoms with E-state index >= 15 is 0 Å². The number of fused-ring (bicyclic) bond motifs is 1. The van der Waals surface area contributed by atoms with Crippen LogP contribution in [0.25, 0.3) is 10.9 Å². The summed E-state index contributed by atoms with van der Waals surface area (Å²) in [7, 11) is 0. The monoisotopic (exact) mass is 364 g/mol. The summed E-state index contributed by atoms with van der Waals surface area (Å²) >= 11 is 7.26. The third-order valence-electron chi connectivity index (χ3n) is 3.14. The number of nitrogens with zero attached hydrogens (tertiary/aromatic N) is 3. The summed E-state index contributed by atoms with van der Waals surface area (Å²) in [5.41, 5.74) is 0.889. The topological polar surface area (TPSA) is 69.0 Å². The maximum atomic E-state index is 12.4.